The minimum atomic E-state index is -0.0100. The molecule has 0 radical (unpaired) electrons. The van der Waals surface area contributed by atoms with Crippen molar-refractivity contribution in [2.24, 2.45) is 0 Å². The molecule has 2 N–H and O–H groups in total. The monoisotopic (exact) mass is 417 g/mol. The molecule has 2 heterocycles. The lowest BCUT2D eigenvalue weighted by atomic mass is 10.1. The fourth-order valence-electron chi connectivity index (χ4n) is 3.97. The van der Waals surface area contributed by atoms with Gasteiger partial charge in [0, 0.05) is 0 Å². The SMILES string of the molecule is CCCCCCCCCCN[C@H]1CO[C@H]2[C@@H]1OC[C@H]2OCCOCCOCCO. The van der Waals surface area contributed by atoms with Crippen LogP contribution in [0.5, 0.6) is 0 Å². The van der Waals surface area contributed by atoms with Gasteiger partial charge < -0.3 is 34.1 Å². The van der Waals surface area contributed by atoms with Crippen LogP contribution in [0.1, 0.15) is 58.3 Å². The maximum absolute atomic E-state index is 8.62. The van der Waals surface area contributed by atoms with E-state index < -0.39 is 0 Å². The number of nitrogens with one attached hydrogen (secondary N) is 1. The Bertz CT molecular complexity index is 386. The Balaban J connectivity index is 1.45. The molecule has 4 atom stereocenters. The van der Waals surface area contributed by atoms with Crippen molar-refractivity contribution in [1.82, 2.24) is 5.32 Å². The molecular formula is C22H43NO6. The van der Waals surface area contributed by atoms with Crippen LogP contribution in [0, 0.1) is 0 Å². The van der Waals surface area contributed by atoms with E-state index in [0.29, 0.717) is 46.2 Å². The molecule has 7 nitrogen and oxygen atoms in total. The first kappa shape index (κ1) is 25.0. The van der Waals surface area contributed by atoms with E-state index >= 15 is 0 Å². The van der Waals surface area contributed by atoms with E-state index in [0.717, 1.165) is 6.54 Å². The van der Waals surface area contributed by atoms with Crippen LogP contribution in [0.2, 0.25) is 0 Å². The predicted octanol–water partition coefficient (Wildman–Crippen LogP) is 2.29. The van der Waals surface area contributed by atoms with Gasteiger partial charge in [-0.25, -0.2) is 0 Å². The zero-order chi connectivity index (χ0) is 20.6. The van der Waals surface area contributed by atoms with Crippen LogP contribution in [0.15, 0.2) is 0 Å². The van der Waals surface area contributed by atoms with Crippen molar-refractivity contribution < 1.29 is 28.8 Å². The Morgan fingerprint density at radius 2 is 1.45 bits per heavy atom. The first-order chi connectivity index (χ1) is 14.4. The van der Waals surface area contributed by atoms with E-state index in [-0.39, 0.29) is 31.0 Å². The lowest BCUT2D eigenvalue weighted by molar-refractivity contribution is -0.0550. The van der Waals surface area contributed by atoms with Gasteiger partial charge in [-0.15, -0.1) is 0 Å². The van der Waals surface area contributed by atoms with E-state index in [1.807, 2.05) is 0 Å². The highest BCUT2D eigenvalue weighted by Gasteiger charge is 2.47. The Morgan fingerprint density at radius 1 is 0.793 bits per heavy atom. The summed E-state index contributed by atoms with van der Waals surface area (Å²) in [5.74, 6) is 0. The molecule has 0 aromatic carbocycles. The third-order valence-corrected chi connectivity index (χ3v) is 5.61. The number of unbranched alkanes of at least 4 members (excludes halogenated alkanes) is 7. The van der Waals surface area contributed by atoms with Crippen molar-refractivity contribution >= 4 is 0 Å². The average Bonchev–Trinajstić information content (AvgIpc) is 3.32. The normalized spacial score (nSPS) is 26.3. The van der Waals surface area contributed by atoms with Crippen LogP contribution in [0.4, 0.5) is 0 Å². The molecule has 0 spiro atoms. The van der Waals surface area contributed by atoms with Crippen LogP contribution in [0.3, 0.4) is 0 Å². The number of aliphatic hydroxyl groups excluding tert-OH is 1. The minimum absolute atomic E-state index is 0.0100. The van der Waals surface area contributed by atoms with Crippen LogP contribution < -0.4 is 5.32 Å². The Hall–Kier alpha value is -0.280. The number of ether oxygens (including phenoxy) is 5. The average molecular weight is 418 g/mol. The Morgan fingerprint density at radius 3 is 2.21 bits per heavy atom. The van der Waals surface area contributed by atoms with Gasteiger partial charge >= 0.3 is 0 Å². The first-order valence-corrected chi connectivity index (χ1v) is 11.7. The number of hydrogen-bond acceptors (Lipinski definition) is 7. The van der Waals surface area contributed by atoms with Crippen LogP contribution in [0.25, 0.3) is 0 Å². The molecule has 2 fully saturated rings. The summed E-state index contributed by atoms with van der Waals surface area (Å²) < 4.78 is 28.4. The summed E-state index contributed by atoms with van der Waals surface area (Å²) >= 11 is 0. The Labute approximate surface area is 176 Å². The number of fused-ring (bicyclic) bond motifs is 1. The summed E-state index contributed by atoms with van der Waals surface area (Å²) in [6.45, 7) is 7.04. The molecule has 0 aliphatic carbocycles. The van der Waals surface area contributed by atoms with Crippen LogP contribution in [-0.2, 0) is 23.7 Å². The molecular weight excluding hydrogens is 374 g/mol. The lowest BCUT2D eigenvalue weighted by Gasteiger charge is -2.18. The topological polar surface area (TPSA) is 78.4 Å². The quantitative estimate of drug-likeness (QED) is 0.312. The maximum Gasteiger partial charge on any atom is 0.114 e. The fourth-order valence-corrected chi connectivity index (χ4v) is 3.97. The highest BCUT2D eigenvalue weighted by atomic mass is 16.6. The van der Waals surface area contributed by atoms with E-state index in [1.165, 1.54) is 51.4 Å². The van der Waals surface area contributed by atoms with Gasteiger partial charge in [0.2, 0.25) is 0 Å². The first-order valence-electron chi connectivity index (χ1n) is 11.7. The van der Waals surface area contributed by atoms with Crippen molar-refractivity contribution in [3.63, 3.8) is 0 Å². The summed E-state index contributed by atoms with van der Waals surface area (Å²) in [7, 11) is 0. The standard InChI is InChI=1S/C22H43NO6/c1-2-3-4-5-6-7-8-9-10-23-19-17-28-22-20(18-29-21(19)22)27-16-15-26-14-13-25-12-11-24/h19-24H,2-18H2,1H3/t19-,20+,21+,22+/m0/s1. The molecule has 172 valence electrons. The minimum Gasteiger partial charge on any atom is -0.394 e. The van der Waals surface area contributed by atoms with Crippen molar-refractivity contribution in [2.45, 2.75) is 82.6 Å². The van der Waals surface area contributed by atoms with Crippen LogP contribution in [-0.4, -0.2) is 88.9 Å². The largest absolute Gasteiger partial charge is 0.394 e. The molecule has 2 rings (SSSR count). The predicted molar refractivity (Wildman–Crippen MR) is 112 cm³/mol. The highest BCUT2D eigenvalue weighted by Crippen LogP contribution is 2.28. The third kappa shape index (κ3) is 10.0. The van der Waals surface area contributed by atoms with Gasteiger partial charge in [0.1, 0.15) is 18.3 Å². The van der Waals surface area contributed by atoms with E-state index in [2.05, 4.69) is 12.2 Å². The second-order valence-corrected chi connectivity index (χ2v) is 7.99. The van der Waals surface area contributed by atoms with Crippen molar-refractivity contribution in [1.29, 1.82) is 0 Å². The summed E-state index contributed by atoms with van der Waals surface area (Å²) in [6.07, 6.45) is 10.8. The van der Waals surface area contributed by atoms with Gasteiger partial charge in [-0.3, -0.25) is 0 Å². The molecule has 0 saturated carbocycles. The Kier molecular flexibility index (Phi) is 14.1. The second-order valence-electron chi connectivity index (χ2n) is 7.99. The summed E-state index contributed by atoms with van der Waals surface area (Å²) in [5, 5.41) is 12.2. The highest BCUT2D eigenvalue weighted by molar-refractivity contribution is 4.98. The van der Waals surface area contributed by atoms with Gasteiger partial charge in [-0.05, 0) is 13.0 Å². The van der Waals surface area contributed by atoms with Crippen molar-refractivity contribution in [3.8, 4) is 0 Å². The molecule has 2 aliphatic heterocycles. The molecule has 0 unspecified atom stereocenters. The number of rotatable bonds is 19. The smallest absolute Gasteiger partial charge is 0.114 e. The third-order valence-electron chi connectivity index (χ3n) is 5.61. The molecule has 0 aromatic heterocycles. The van der Waals surface area contributed by atoms with Gasteiger partial charge in [-0.1, -0.05) is 51.9 Å². The van der Waals surface area contributed by atoms with Gasteiger partial charge in [0.05, 0.1) is 58.9 Å². The van der Waals surface area contributed by atoms with Crippen molar-refractivity contribution in [3.05, 3.63) is 0 Å². The van der Waals surface area contributed by atoms with Gasteiger partial charge in [-0.2, -0.15) is 0 Å². The molecule has 2 aliphatic rings. The molecule has 0 amide bonds. The van der Waals surface area contributed by atoms with E-state index in [1.54, 1.807) is 0 Å². The second kappa shape index (κ2) is 16.4. The van der Waals surface area contributed by atoms with E-state index in [4.69, 9.17) is 28.8 Å². The van der Waals surface area contributed by atoms with Crippen molar-refractivity contribution in [2.75, 3.05) is 59.4 Å². The van der Waals surface area contributed by atoms with Gasteiger partial charge in [0.25, 0.3) is 0 Å². The zero-order valence-corrected chi connectivity index (χ0v) is 18.3. The van der Waals surface area contributed by atoms with Crippen LogP contribution >= 0.6 is 0 Å². The molecule has 29 heavy (non-hydrogen) atoms. The number of aliphatic hydroxyl groups is 1. The summed E-state index contributed by atoms with van der Waals surface area (Å²) in [5.41, 5.74) is 0. The van der Waals surface area contributed by atoms with Gasteiger partial charge in [0.15, 0.2) is 0 Å². The number of hydrogen-bond donors (Lipinski definition) is 2. The fraction of sp³-hybridized carbons (Fsp3) is 1.00. The molecule has 2 saturated heterocycles. The lowest BCUT2D eigenvalue weighted by Crippen LogP contribution is -2.41. The molecule has 7 heteroatoms. The summed E-state index contributed by atoms with van der Waals surface area (Å²) in [4.78, 5) is 0. The van der Waals surface area contributed by atoms with E-state index in [9.17, 15) is 0 Å². The maximum atomic E-state index is 8.62. The molecule has 0 aromatic rings. The zero-order valence-electron chi connectivity index (χ0n) is 18.3. The molecule has 0 bridgehead atoms. The summed E-state index contributed by atoms with van der Waals surface area (Å²) in [6, 6.07) is 0.276.